The number of benzene rings is 5. The fraction of sp³-hybridized carbons (Fsp3) is 0.267. The Morgan fingerprint density at radius 1 is 0.810 bits per heavy atom. The van der Waals surface area contributed by atoms with Crippen molar-refractivity contribution in [3.63, 3.8) is 0 Å². The highest BCUT2D eigenvalue weighted by Crippen LogP contribution is 2.43. The van der Waals surface area contributed by atoms with E-state index in [1.807, 2.05) is 111 Å². The molecule has 0 spiro atoms. The van der Waals surface area contributed by atoms with Crippen LogP contribution in [0.15, 0.2) is 137 Å². The molecule has 58 heavy (non-hydrogen) atoms. The number of nitrogens with one attached hydrogen (secondary N) is 2. The number of thioether (sulfide) groups is 1. The summed E-state index contributed by atoms with van der Waals surface area (Å²) in [6, 6.07) is 38.7. The van der Waals surface area contributed by atoms with Crippen molar-refractivity contribution in [2.24, 2.45) is 5.92 Å². The summed E-state index contributed by atoms with van der Waals surface area (Å²) in [5, 5.41) is 22.0. The first-order chi connectivity index (χ1) is 28.0. The Morgan fingerprint density at radius 2 is 1.52 bits per heavy atom. The second-order valence-electron chi connectivity index (χ2n) is 14.4. The molecular weight excluding hydrogens is 789 g/mol. The number of aliphatic hydroxyl groups is 1. The van der Waals surface area contributed by atoms with Crippen LogP contribution in [0.1, 0.15) is 57.7 Å². The van der Waals surface area contributed by atoms with Crippen LogP contribution in [0.4, 0.5) is 0 Å². The lowest BCUT2D eigenvalue weighted by atomic mass is 9.91. The van der Waals surface area contributed by atoms with Crippen molar-refractivity contribution >= 4 is 39.0 Å². The first kappa shape index (κ1) is 41.4. The van der Waals surface area contributed by atoms with Crippen LogP contribution in [0, 0.1) is 19.8 Å². The zero-order valence-corrected chi connectivity index (χ0v) is 34.9. The zero-order chi connectivity index (χ0) is 40.6. The molecule has 300 valence electrons. The van der Waals surface area contributed by atoms with Crippen molar-refractivity contribution in [1.82, 2.24) is 20.2 Å². The van der Waals surface area contributed by atoms with Crippen LogP contribution < -0.4 is 10.0 Å². The Kier molecular flexibility index (Phi) is 13.5. The van der Waals surface area contributed by atoms with Crippen LogP contribution in [0.3, 0.4) is 0 Å². The van der Waals surface area contributed by atoms with Crippen LogP contribution in [0.5, 0.6) is 0 Å². The van der Waals surface area contributed by atoms with Crippen LogP contribution in [0.2, 0.25) is 0 Å². The molecule has 0 radical (unpaired) electrons. The molecule has 0 aliphatic carbocycles. The van der Waals surface area contributed by atoms with Gasteiger partial charge < -0.3 is 19.9 Å². The highest BCUT2D eigenvalue weighted by atomic mass is 32.2. The molecule has 1 saturated heterocycles. The van der Waals surface area contributed by atoms with E-state index in [9.17, 15) is 18.3 Å². The molecule has 1 amide bonds. The summed E-state index contributed by atoms with van der Waals surface area (Å²) in [5.74, 6) is 0.272. The third-order valence-corrected chi connectivity index (χ3v) is 13.7. The Bertz CT molecular complexity index is 2410. The van der Waals surface area contributed by atoms with Crippen molar-refractivity contribution in [2.75, 3.05) is 5.75 Å². The predicted octanol–water partition coefficient (Wildman–Crippen LogP) is 8.10. The van der Waals surface area contributed by atoms with Crippen LogP contribution >= 0.6 is 23.1 Å². The van der Waals surface area contributed by atoms with E-state index in [-0.39, 0.29) is 42.6 Å². The van der Waals surface area contributed by atoms with E-state index >= 15 is 0 Å². The Hall–Kier alpha value is -4.73. The minimum atomic E-state index is -3.97. The minimum Gasteiger partial charge on any atom is -0.392 e. The number of ether oxygens (including phenoxy) is 2. The number of aromatic nitrogens is 2. The minimum absolute atomic E-state index is 0.0259. The highest BCUT2D eigenvalue weighted by Gasteiger charge is 2.38. The molecule has 1 aromatic heterocycles. The normalized spacial score (nSPS) is 18.8. The number of hydrogen-bond donors (Lipinski definition) is 3. The zero-order valence-electron chi connectivity index (χ0n) is 32.4. The second kappa shape index (κ2) is 18.9. The molecule has 1 fully saturated rings. The number of hydrogen-bond acceptors (Lipinski definition) is 10. The smallest absolute Gasteiger partial charge is 0.241 e. The number of amides is 1. The van der Waals surface area contributed by atoms with Gasteiger partial charge in [-0.05, 0) is 77.9 Å². The van der Waals surface area contributed by atoms with Crippen molar-refractivity contribution in [2.45, 2.75) is 74.1 Å². The molecule has 1 aliphatic rings. The van der Waals surface area contributed by atoms with E-state index in [1.165, 1.54) is 0 Å². The predicted molar refractivity (Wildman–Crippen MR) is 227 cm³/mol. The summed E-state index contributed by atoms with van der Waals surface area (Å²) < 4.78 is 43.7. The van der Waals surface area contributed by atoms with E-state index in [1.54, 1.807) is 47.4 Å². The van der Waals surface area contributed by atoms with Crippen molar-refractivity contribution in [1.29, 1.82) is 0 Å². The fourth-order valence-corrected chi connectivity index (χ4v) is 10.0. The summed E-state index contributed by atoms with van der Waals surface area (Å²) in [7, 11) is -3.97. The van der Waals surface area contributed by atoms with E-state index in [0.29, 0.717) is 5.75 Å². The third kappa shape index (κ3) is 10.5. The average Bonchev–Trinajstić information content (AvgIpc) is 3.67. The summed E-state index contributed by atoms with van der Waals surface area (Å²) in [6.07, 6.45) is -0.868. The lowest BCUT2D eigenvalue weighted by Gasteiger charge is -2.41. The maximum atomic E-state index is 13.7. The van der Waals surface area contributed by atoms with E-state index in [2.05, 4.69) is 33.2 Å². The SMILES string of the molecule is Cc1ccc(S(=O)(=O)N[C@H](Cc2ccccc2)C(=O)NCc2cccc(-c3cccc([C@@H]4O[C@H](CSc5nnc(C)s5)[C@H](C)[C@H](c5ccc(CO)cc5)O4)c3)c2)cc1. The molecule has 5 aromatic carbocycles. The molecule has 5 atom stereocenters. The molecule has 0 unspecified atom stereocenters. The van der Waals surface area contributed by atoms with Gasteiger partial charge in [-0.25, -0.2) is 8.42 Å². The molecule has 13 heteroatoms. The summed E-state index contributed by atoms with van der Waals surface area (Å²) in [5.41, 5.74) is 7.22. The monoisotopic (exact) mass is 834 g/mol. The van der Waals surface area contributed by atoms with Gasteiger partial charge in [0, 0.05) is 23.8 Å². The maximum Gasteiger partial charge on any atom is 0.241 e. The largest absolute Gasteiger partial charge is 0.392 e. The standard InChI is InChI=1S/C45H46N4O6S3/c1-29-15-21-39(22-16-29)58(52,53)49-40(24-32-9-5-4-6-10-32)43(51)46-26-34-11-7-12-36(23-34)37-13-8-14-38(25-37)44-54-41(28-56-45-48-47-31(3)57-45)30(2)42(55-44)35-19-17-33(27-50)18-20-35/h4-23,25,30,40-42,44,49-50H,24,26-28H2,1-3H3,(H,46,51)/t30-,40+,41+,42+,44+/m0/s1. The number of aliphatic hydroxyl groups excluding tert-OH is 1. The van der Waals surface area contributed by atoms with Crippen LogP contribution in [-0.2, 0) is 43.9 Å². The number of carbonyl (C=O) groups excluding carboxylic acids is 1. The molecule has 3 N–H and O–H groups in total. The van der Waals surface area contributed by atoms with Gasteiger partial charge in [0.15, 0.2) is 10.6 Å². The Balaban J connectivity index is 1.08. The van der Waals surface area contributed by atoms with Gasteiger partial charge >= 0.3 is 0 Å². The summed E-state index contributed by atoms with van der Waals surface area (Å²) >= 11 is 3.20. The fourth-order valence-electron chi connectivity index (χ4n) is 6.85. The number of aryl methyl sites for hydroxylation is 2. The summed E-state index contributed by atoms with van der Waals surface area (Å²) in [6.45, 7) is 6.14. The average molecular weight is 835 g/mol. The van der Waals surface area contributed by atoms with Gasteiger partial charge in [0.1, 0.15) is 11.0 Å². The van der Waals surface area contributed by atoms with Crippen molar-refractivity contribution < 1.29 is 27.8 Å². The number of carbonyl (C=O) groups is 1. The maximum absolute atomic E-state index is 13.7. The van der Waals surface area contributed by atoms with Gasteiger partial charge in [0.05, 0.1) is 23.7 Å². The van der Waals surface area contributed by atoms with Crippen LogP contribution in [0.25, 0.3) is 11.1 Å². The molecule has 2 heterocycles. The molecule has 0 bridgehead atoms. The number of sulfonamides is 1. The van der Waals surface area contributed by atoms with Crippen molar-refractivity contribution in [3.05, 3.63) is 166 Å². The molecule has 6 aromatic rings. The van der Waals surface area contributed by atoms with Gasteiger partial charge in [-0.2, -0.15) is 4.72 Å². The third-order valence-electron chi connectivity index (χ3n) is 10.1. The van der Waals surface area contributed by atoms with Gasteiger partial charge in [-0.1, -0.05) is 139 Å². The van der Waals surface area contributed by atoms with Gasteiger partial charge in [-0.15, -0.1) is 10.2 Å². The number of nitrogens with zero attached hydrogens (tertiary/aromatic N) is 2. The first-order valence-electron chi connectivity index (χ1n) is 19.1. The molecule has 10 nitrogen and oxygen atoms in total. The molecular formula is C45H46N4O6S3. The lowest BCUT2D eigenvalue weighted by Crippen LogP contribution is -2.47. The van der Waals surface area contributed by atoms with Crippen molar-refractivity contribution in [3.8, 4) is 11.1 Å². The molecule has 7 rings (SSSR count). The quantitative estimate of drug-likeness (QED) is 0.0876. The van der Waals surface area contributed by atoms with Gasteiger partial charge in [-0.3, -0.25) is 4.79 Å². The second-order valence-corrected chi connectivity index (χ2v) is 18.6. The Morgan fingerprint density at radius 3 is 2.22 bits per heavy atom. The van der Waals surface area contributed by atoms with Gasteiger partial charge in [0.2, 0.25) is 15.9 Å². The Labute approximate surface area is 348 Å². The molecule has 1 aliphatic heterocycles. The van der Waals surface area contributed by atoms with E-state index in [4.69, 9.17) is 9.47 Å². The number of rotatable bonds is 15. The van der Waals surface area contributed by atoms with E-state index in [0.717, 1.165) is 53.9 Å². The first-order valence-corrected chi connectivity index (χ1v) is 22.4. The summed E-state index contributed by atoms with van der Waals surface area (Å²) in [4.78, 5) is 13.8. The van der Waals surface area contributed by atoms with Crippen LogP contribution in [-0.4, -0.2) is 47.5 Å². The van der Waals surface area contributed by atoms with E-state index < -0.39 is 28.3 Å². The molecule has 0 saturated carbocycles. The highest BCUT2D eigenvalue weighted by molar-refractivity contribution is 8.01. The topological polar surface area (TPSA) is 140 Å². The van der Waals surface area contributed by atoms with Gasteiger partial charge in [0.25, 0.3) is 0 Å². The lowest BCUT2D eigenvalue weighted by molar-refractivity contribution is -0.268.